The van der Waals surface area contributed by atoms with Gasteiger partial charge in [0.25, 0.3) is 0 Å². The van der Waals surface area contributed by atoms with Crippen LogP contribution in [-0.2, 0) is 16.0 Å². The average molecular weight is 304 g/mol. The molecule has 0 aromatic heterocycles. The summed E-state index contributed by atoms with van der Waals surface area (Å²) in [6.45, 7) is 5.63. The summed E-state index contributed by atoms with van der Waals surface area (Å²) >= 11 is 0. The smallest absolute Gasteiger partial charge is 0.226 e. The maximum absolute atomic E-state index is 12.4. The van der Waals surface area contributed by atoms with Gasteiger partial charge in [0, 0.05) is 39.5 Å². The van der Waals surface area contributed by atoms with Gasteiger partial charge in [-0.1, -0.05) is 19.1 Å². The molecule has 22 heavy (non-hydrogen) atoms. The van der Waals surface area contributed by atoms with Crippen molar-refractivity contribution in [2.75, 3.05) is 45.3 Å². The second-order valence-corrected chi connectivity index (χ2v) is 6.32. The van der Waals surface area contributed by atoms with Crippen LogP contribution in [0.15, 0.2) is 24.3 Å². The molecule has 4 heteroatoms. The number of benzene rings is 1. The Kier molecular flexibility index (Phi) is 6.25. The van der Waals surface area contributed by atoms with Crippen molar-refractivity contribution in [2.45, 2.75) is 26.2 Å². The van der Waals surface area contributed by atoms with Crippen LogP contribution in [0.25, 0.3) is 0 Å². The first-order valence-electron chi connectivity index (χ1n) is 8.17. The zero-order valence-corrected chi connectivity index (χ0v) is 14.0. The molecule has 1 aliphatic rings. The van der Waals surface area contributed by atoms with E-state index in [0.717, 1.165) is 49.6 Å². The fraction of sp³-hybridized carbons (Fsp3) is 0.611. The van der Waals surface area contributed by atoms with Gasteiger partial charge in [-0.25, -0.2) is 0 Å². The SMILES string of the molecule is COCCN(C)c1cccc(CC(=O)N2CCC(C)CC2)c1. The van der Waals surface area contributed by atoms with Gasteiger partial charge >= 0.3 is 0 Å². The average Bonchev–Trinajstić information content (AvgIpc) is 2.53. The second kappa shape index (κ2) is 8.18. The second-order valence-electron chi connectivity index (χ2n) is 6.32. The van der Waals surface area contributed by atoms with Gasteiger partial charge in [0.2, 0.25) is 5.91 Å². The molecule has 1 amide bonds. The third-order valence-electron chi connectivity index (χ3n) is 4.47. The fourth-order valence-electron chi connectivity index (χ4n) is 2.81. The third-order valence-corrected chi connectivity index (χ3v) is 4.47. The largest absolute Gasteiger partial charge is 0.383 e. The van der Waals surface area contributed by atoms with Gasteiger partial charge in [-0.15, -0.1) is 0 Å². The van der Waals surface area contributed by atoms with Crippen molar-refractivity contribution in [1.82, 2.24) is 4.90 Å². The maximum atomic E-state index is 12.4. The number of carbonyl (C=O) groups excluding carboxylic acids is 1. The van der Waals surface area contributed by atoms with Gasteiger partial charge in [-0.05, 0) is 36.5 Å². The number of rotatable bonds is 6. The lowest BCUT2D eigenvalue weighted by Crippen LogP contribution is -2.38. The van der Waals surface area contributed by atoms with Crippen molar-refractivity contribution in [3.8, 4) is 0 Å². The van der Waals surface area contributed by atoms with Crippen molar-refractivity contribution in [2.24, 2.45) is 5.92 Å². The summed E-state index contributed by atoms with van der Waals surface area (Å²) in [5.74, 6) is 1.01. The fourth-order valence-corrected chi connectivity index (χ4v) is 2.81. The van der Waals surface area contributed by atoms with Gasteiger partial charge in [-0.2, -0.15) is 0 Å². The monoisotopic (exact) mass is 304 g/mol. The molecule has 0 unspecified atom stereocenters. The summed E-state index contributed by atoms with van der Waals surface area (Å²) in [7, 11) is 3.76. The van der Waals surface area contributed by atoms with Crippen molar-refractivity contribution in [3.63, 3.8) is 0 Å². The van der Waals surface area contributed by atoms with Crippen molar-refractivity contribution in [3.05, 3.63) is 29.8 Å². The number of hydrogen-bond acceptors (Lipinski definition) is 3. The molecule has 4 nitrogen and oxygen atoms in total. The lowest BCUT2D eigenvalue weighted by molar-refractivity contribution is -0.131. The highest BCUT2D eigenvalue weighted by Crippen LogP contribution is 2.19. The first-order chi connectivity index (χ1) is 10.6. The van der Waals surface area contributed by atoms with Gasteiger partial charge in [-0.3, -0.25) is 4.79 Å². The van der Waals surface area contributed by atoms with Crippen LogP contribution in [-0.4, -0.2) is 51.2 Å². The van der Waals surface area contributed by atoms with Crippen LogP contribution in [0.4, 0.5) is 5.69 Å². The molecule has 1 saturated heterocycles. The molecular formula is C18H28N2O2. The number of carbonyl (C=O) groups is 1. The van der Waals surface area contributed by atoms with Crippen LogP contribution in [0.2, 0.25) is 0 Å². The van der Waals surface area contributed by atoms with E-state index in [9.17, 15) is 4.79 Å². The first-order valence-corrected chi connectivity index (χ1v) is 8.17. The van der Waals surface area contributed by atoms with Crippen LogP contribution in [0, 0.1) is 5.92 Å². The van der Waals surface area contributed by atoms with Gasteiger partial charge in [0.1, 0.15) is 0 Å². The van der Waals surface area contributed by atoms with E-state index in [1.807, 2.05) is 24.1 Å². The Morgan fingerprint density at radius 3 is 2.77 bits per heavy atom. The number of anilines is 1. The number of amides is 1. The highest BCUT2D eigenvalue weighted by Gasteiger charge is 2.20. The zero-order valence-electron chi connectivity index (χ0n) is 14.0. The Labute approximate surface area is 134 Å². The molecule has 122 valence electrons. The van der Waals surface area contributed by atoms with Gasteiger partial charge in [0.05, 0.1) is 13.0 Å². The predicted octanol–water partition coefficient (Wildman–Crippen LogP) is 2.57. The highest BCUT2D eigenvalue weighted by molar-refractivity contribution is 5.79. The normalized spacial score (nSPS) is 15.9. The Morgan fingerprint density at radius 2 is 2.09 bits per heavy atom. The number of ether oxygens (including phenoxy) is 1. The van der Waals surface area contributed by atoms with E-state index < -0.39 is 0 Å². The summed E-state index contributed by atoms with van der Waals surface area (Å²) in [5.41, 5.74) is 2.22. The van der Waals surface area contributed by atoms with Crippen LogP contribution >= 0.6 is 0 Å². The van der Waals surface area contributed by atoms with Crippen LogP contribution < -0.4 is 4.90 Å². The van der Waals surface area contributed by atoms with E-state index >= 15 is 0 Å². The summed E-state index contributed by atoms with van der Waals surface area (Å²) < 4.78 is 5.11. The molecule has 1 aromatic rings. The Hall–Kier alpha value is -1.55. The van der Waals surface area contributed by atoms with Crippen molar-refractivity contribution in [1.29, 1.82) is 0 Å². The van der Waals surface area contributed by atoms with E-state index in [0.29, 0.717) is 13.0 Å². The molecule has 0 aliphatic carbocycles. The Balaban J connectivity index is 1.93. The van der Waals surface area contributed by atoms with E-state index in [2.05, 4.69) is 24.0 Å². The van der Waals surface area contributed by atoms with Crippen LogP contribution in [0.3, 0.4) is 0 Å². The molecule has 0 bridgehead atoms. The molecule has 0 N–H and O–H groups in total. The standard InChI is InChI=1S/C18H28N2O2/c1-15-7-9-20(10-8-15)18(21)14-16-5-4-6-17(13-16)19(2)11-12-22-3/h4-6,13,15H,7-12,14H2,1-3H3. The molecule has 1 heterocycles. The number of hydrogen-bond donors (Lipinski definition) is 0. The lowest BCUT2D eigenvalue weighted by atomic mass is 9.98. The van der Waals surface area contributed by atoms with Crippen LogP contribution in [0.5, 0.6) is 0 Å². The van der Waals surface area contributed by atoms with E-state index in [4.69, 9.17) is 4.74 Å². The summed E-state index contributed by atoms with van der Waals surface area (Å²) in [6, 6.07) is 8.25. The summed E-state index contributed by atoms with van der Waals surface area (Å²) in [5, 5.41) is 0. The molecule has 2 rings (SSSR count). The van der Waals surface area contributed by atoms with Gasteiger partial charge in [0.15, 0.2) is 0 Å². The Morgan fingerprint density at radius 1 is 1.36 bits per heavy atom. The molecule has 1 aromatic carbocycles. The predicted molar refractivity (Wildman–Crippen MR) is 90.3 cm³/mol. The molecule has 1 fully saturated rings. The van der Waals surface area contributed by atoms with E-state index in [1.165, 1.54) is 0 Å². The number of likely N-dealkylation sites (tertiary alicyclic amines) is 1. The third kappa shape index (κ3) is 4.73. The molecule has 0 atom stereocenters. The molecule has 0 saturated carbocycles. The molecule has 1 aliphatic heterocycles. The maximum Gasteiger partial charge on any atom is 0.226 e. The van der Waals surface area contributed by atoms with Crippen LogP contribution in [0.1, 0.15) is 25.3 Å². The van der Waals surface area contributed by atoms with E-state index in [1.54, 1.807) is 7.11 Å². The summed E-state index contributed by atoms with van der Waals surface area (Å²) in [6.07, 6.45) is 2.76. The topological polar surface area (TPSA) is 32.8 Å². The number of nitrogens with zero attached hydrogens (tertiary/aromatic N) is 2. The minimum absolute atomic E-state index is 0.253. The quantitative estimate of drug-likeness (QED) is 0.810. The van der Waals surface area contributed by atoms with Crippen molar-refractivity contribution < 1.29 is 9.53 Å². The Bertz CT molecular complexity index is 482. The number of methoxy groups -OCH3 is 1. The lowest BCUT2D eigenvalue weighted by Gasteiger charge is -2.30. The summed E-state index contributed by atoms with van der Waals surface area (Å²) in [4.78, 5) is 16.6. The highest BCUT2D eigenvalue weighted by atomic mass is 16.5. The first kappa shape index (κ1) is 16.8. The van der Waals surface area contributed by atoms with Crippen molar-refractivity contribution >= 4 is 11.6 Å². The molecule has 0 radical (unpaired) electrons. The minimum Gasteiger partial charge on any atom is -0.383 e. The van der Waals surface area contributed by atoms with E-state index in [-0.39, 0.29) is 5.91 Å². The zero-order chi connectivity index (χ0) is 15.9. The minimum atomic E-state index is 0.253. The number of likely N-dealkylation sites (N-methyl/N-ethyl adjacent to an activating group) is 1. The number of piperidine rings is 1. The molecular weight excluding hydrogens is 276 g/mol. The van der Waals surface area contributed by atoms with Gasteiger partial charge < -0.3 is 14.5 Å². The molecule has 0 spiro atoms.